The Morgan fingerprint density at radius 3 is 1.45 bits per heavy atom. The molecule has 0 rings (SSSR count). The van der Waals surface area contributed by atoms with Crippen LogP contribution in [0.4, 0.5) is 0 Å². The van der Waals surface area contributed by atoms with Crippen LogP contribution in [0.25, 0.3) is 0 Å². The van der Waals surface area contributed by atoms with E-state index in [1.165, 1.54) is 0 Å². The van der Waals surface area contributed by atoms with Crippen molar-refractivity contribution in [1.82, 2.24) is 0 Å². The Morgan fingerprint density at radius 2 is 1.27 bits per heavy atom. The van der Waals surface area contributed by atoms with Crippen LogP contribution in [0.3, 0.4) is 0 Å². The molecule has 0 aliphatic heterocycles. The van der Waals surface area contributed by atoms with Crippen LogP contribution in [0.5, 0.6) is 0 Å². The Morgan fingerprint density at radius 1 is 1.00 bits per heavy atom. The van der Waals surface area contributed by atoms with Crippen molar-refractivity contribution >= 4 is 58.5 Å². The van der Waals surface area contributed by atoms with E-state index in [0.717, 1.165) is 0 Å². The first-order valence-electron chi connectivity index (χ1n) is 2.34. The van der Waals surface area contributed by atoms with Gasteiger partial charge in [-0.25, -0.2) is 0 Å². The summed E-state index contributed by atoms with van der Waals surface area (Å²) in [5, 5.41) is 0. The number of ether oxygens (including phenoxy) is 2. The fraction of sp³-hybridized carbons (Fsp3) is 0.500. The van der Waals surface area contributed by atoms with E-state index in [0.29, 0.717) is 13.2 Å². The second kappa shape index (κ2) is 9.57. The molecule has 0 aliphatic rings. The zero-order valence-corrected chi connectivity index (χ0v) is 11.4. The van der Waals surface area contributed by atoms with Crippen LogP contribution in [-0.2, 0) is 9.47 Å². The number of rotatable bonds is 3. The molecule has 58 valence electrons. The van der Waals surface area contributed by atoms with E-state index in [4.69, 9.17) is 9.47 Å². The van der Waals surface area contributed by atoms with Crippen LogP contribution >= 0.6 is 49.7 Å². The SMILES string of the molecule is S=C(S)OCCOC(=S)S.[Na+]. The van der Waals surface area contributed by atoms with Gasteiger partial charge in [-0.15, -0.1) is 0 Å². The summed E-state index contributed by atoms with van der Waals surface area (Å²) in [7, 11) is 0. The van der Waals surface area contributed by atoms with Crippen molar-refractivity contribution in [2.24, 2.45) is 0 Å². The zero-order chi connectivity index (χ0) is 7.98. The molecule has 0 aromatic rings. The topological polar surface area (TPSA) is 18.5 Å². The maximum absolute atomic E-state index is 4.77. The van der Waals surface area contributed by atoms with Gasteiger partial charge < -0.3 is 9.47 Å². The summed E-state index contributed by atoms with van der Waals surface area (Å²) in [5.74, 6) is 0. The summed E-state index contributed by atoms with van der Waals surface area (Å²) >= 11 is 16.5. The molecule has 0 saturated carbocycles. The van der Waals surface area contributed by atoms with Gasteiger partial charge in [-0.1, -0.05) is 25.3 Å². The fourth-order valence-corrected chi connectivity index (χ4v) is 0.607. The Hall–Kier alpha value is 1.48. The van der Waals surface area contributed by atoms with Crippen LogP contribution in [-0.4, -0.2) is 22.0 Å². The quantitative estimate of drug-likeness (QED) is 0.268. The molecule has 0 aromatic carbocycles. The third kappa shape index (κ3) is 14.3. The predicted octanol–water partition coefficient (Wildman–Crippen LogP) is -1.55. The molecule has 0 bridgehead atoms. The molecule has 7 heteroatoms. The minimum Gasteiger partial charge on any atom is -0.475 e. The van der Waals surface area contributed by atoms with Gasteiger partial charge in [0, 0.05) is 0 Å². The smallest absolute Gasteiger partial charge is 0.475 e. The van der Waals surface area contributed by atoms with Crippen LogP contribution in [0.1, 0.15) is 0 Å². The summed E-state index contributed by atoms with van der Waals surface area (Å²) in [4.78, 5) is 0. The minimum absolute atomic E-state index is 0. The molecule has 0 fully saturated rings. The zero-order valence-electron chi connectivity index (χ0n) is 5.94. The van der Waals surface area contributed by atoms with Crippen molar-refractivity contribution in [1.29, 1.82) is 0 Å². The first-order valence-corrected chi connectivity index (χ1v) is 4.05. The largest absolute Gasteiger partial charge is 1.00 e. The molecule has 0 spiro atoms. The molecule has 11 heavy (non-hydrogen) atoms. The summed E-state index contributed by atoms with van der Waals surface area (Å²) in [6.07, 6.45) is 0. The van der Waals surface area contributed by atoms with E-state index in [1.807, 2.05) is 0 Å². The molecule has 0 aromatic heterocycles. The standard InChI is InChI=1S/C4H6O2S4.Na/c7-3(8)5-1-2-6-4(9)10;/h1-2H2,(H,7,8)(H,9,10);/q;+1. The Balaban J connectivity index is 0. The molecule has 0 atom stereocenters. The van der Waals surface area contributed by atoms with Crippen LogP contribution in [0.15, 0.2) is 0 Å². The molecule has 0 heterocycles. The van der Waals surface area contributed by atoms with E-state index in [2.05, 4.69) is 49.7 Å². The normalized spacial score (nSPS) is 7.82. The summed E-state index contributed by atoms with van der Waals surface area (Å²) in [6, 6.07) is 0. The van der Waals surface area contributed by atoms with Gasteiger partial charge in [0.15, 0.2) is 0 Å². The molecule has 0 aliphatic carbocycles. The van der Waals surface area contributed by atoms with Gasteiger partial charge in [0.2, 0.25) is 8.77 Å². The summed E-state index contributed by atoms with van der Waals surface area (Å²) < 4.78 is 9.94. The molecule has 0 amide bonds. The van der Waals surface area contributed by atoms with Crippen molar-refractivity contribution in [2.75, 3.05) is 13.2 Å². The van der Waals surface area contributed by atoms with Gasteiger partial charge >= 0.3 is 29.6 Å². The van der Waals surface area contributed by atoms with E-state index in [9.17, 15) is 0 Å². The van der Waals surface area contributed by atoms with E-state index < -0.39 is 0 Å². The molecule has 0 saturated heterocycles. The molecular formula is C4H6NaO2S4+. The van der Waals surface area contributed by atoms with E-state index in [1.54, 1.807) is 0 Å². The second-order valence-electron chi connectivity index (χ2n) is 1.23. The number of thiocarbonyl (C=S) groups is 2. The Kier molecular flexibility index (Phi) is 13.0. The first-order chi connectivity index (χ1) is 4.63. The third-order valence-corrected chi connectivity index (χ3v) is 1.03. The van der Waals surface area contributed by atoms with Gasteiger partial charge in [0.1, 0.15) is 13.2 Å². The van der Waals surface area contributed by atoms with Crippen molar-refractivity contribution in [2.45, 2.75) is 0 Å². The van der Waals surface area contributed by atoms with Gasteiger partial charge in [0.05, 0.1) is 0 Å². The van der Waals surface area contributed by atoms with Crippen molar-refractivity contribution in [3.8, 4) is 0 Å². The maximum atomic E-state index is 4.77. The van der Waals surface area contributed by atoms with Gasteiger partial charge in [0.25, 0.3) is 0 Å². The fourth-order valence-electron chi connectivity index (χ4n) is 0.258. The summed E-state index contributed by atoms with van der Waals surface area (Å²) in [5.41, 5.74) is 0. The predicted molar refractivity (Wildman–Crippen MR) is 55.1 cm³/mol. The third-order valence-electron chi connectivity index (χ3n) is 0.534. The van der Waals surface area contributed by atoms with Gasteiger partial charge in [-0.2, -0.15) is 0 Å². The van der Waals surface area contributed by atoms with E-state index in [-0.39, 0.29) is 38.3 Å². The van der Waals surface area contributed by atoms with Crippen LogP contribution in [0, 0.1) is 0 Å². The van der Waals surface area contributed by atoms with Gasteiger partial charge in [-0.05, 0) is 24.4 Å². The monoisotopic (exact) mass is 237 g/mol. The number of thiol groups is 2. The first kappa shape index (κ1) is 15.0. The van der Waals surface area contributed by atoms with Crippen LogP contribution in [0.2, 0.25) is 0 Å². The number of hydrogen-bond acceptors (Lipinski definition) is 4. The molecular weight excluding hydrogens is 231 g/mol. The number of hydrogen-bond donors (Lipinski definition) is 2. The maximum Gasteiger partial charge on any atom is 1.00 e. The van der Waals surface area contributed by atoms with Crippen molar-refractivity contribution in [3.05, 3.63) is 0 Å². The second-order valence-corrected chi connectivity index (χ2v) is 3.39. The van der Waals surface area contributed by atoms with Crippen LogP contribution < -0.4 is 29.6 Å². The average molecular weight is 237 g/mol. The van der Waals surface area contributed by atoms with Gasteiger partial charge in [-0.3, -0.25) is 0 Å². The summed E-state index contributed by atoms with van der Waals surface area (Å²) in [6.45, 7) is 0.700. The van der Waals surface area contributed by atoms with Crippen molar-refractivity contribution in [3.63, 3.8) is 0 Å². The molecule has 0 radical (unpaired) electrons. The molecule has 2 nitrogen and oxygen atoms in total. The Bertz CT molecular complexity index is 124. The Labute approximate surface area is 110 Å². The molecule has 0 N–H and O–H groups in total. The van der Waals surface area contributed by atoms with Crippen molar-refractivity contribution < 1.29 is 39.0 Å². The molecule has 0 unspecified atom stereocenters. The minimum atomic E-state index is 0. The van der Waals surface area contributed by atoms with E-state index >= 15 is 0 Å². The average Bonchev–Trinajstić information content (AvgIpc) is 1.79.